The van der Waals surface area contributed by atoms with Crippen molar-refractivity contribution in [2.24, 2.45) is 0 Å². The Bertz CT molecular complexity index is 1400. The van der Waals surface area contributed by atoms with Crippen molar-refractivity contribution in [3.8, 4) is 28.6 Å². The van der Waals surface area contributed by atoms with E-state index in [4.69, 9.17) is 13.9 Å². The predicted octanol–water partition coefficient (Wildman–Crippen LogP) is -1.12. The highest BCUT2D eigenvalue weighted by Crippen LogP contribution is 2.50. The van der Waals surface area contributed by atoms with E-state index < -0.39 is 101 Å². The molecule has 0 amide bonds. The number of fused-ring (bicyclic) bond motifs is 1. The maximum Gasteiger partial charge on any atom is 0.197 e. The molecule has 0 aliphatic carbocycles. The van der Waals surface area contributed by atoms with Gasteiger partial charge in [0.25, 0.3) is 0 Å². The standard InChI is InChI=1S/C25H26O13/c26-9-3-1-8(2-4-9)13-5-10(27)14-19(32)15(24-21(34)17(30)11(28)6-36-24)20(33)16(23(14)38-13)25-22(35)18(31)12(29)7-37-25/h1-5,11-12,17-18,21-22,24-26,28-35H,6-7H2/t11-,12-,17-,18+,21-,22-,24+,25+/m1/s1. The first kappa shape index (κ1) is 26.3. The fraction of sp³-hybridized carbons (Fsp3) is 0.400. The number of aromatic hydroxyl groups is 3. The van der Waals surface area contributed by atoms with Crippen LogP contribution in [0.2, 0.25) is 0 Å². The van der Waals surface area contributed by atoms with E-state index in [1.54, 1.807) is 0 Å². The Labute approximate surface area is 213 Å². The summed E-state index contributed by atoms with van der Waals surface area (Å²) in [5.41, 5.74) is -1.86. The monoisotopic (exact) mass is 534 g/mol. The van der Waals surface area contributed by atoms with Crippen LogP contribution in [-0.2, 0) is 9.47 Å². The molecule has 5 rings (SSSR count). The minimum atomic E-state index is -1.85. The highest BCUT2D eigenvalue weighted by atomic mass is 16.5. The molecule has 2 aliphatic heterocycles. The van der Waals surface area contributed by atoms with Crippen molar-refractivity contribution in [1.29, 1.82) is 0 Å². The summed E-state index contributed by atoms with van der Waals surface area (Å²) in [5, 5.41) is 93.1. The van der Waals surface area contributed by atoms with E-state index in [1.807, 2.05) is 0 Å². The van der Waals surface area contributed by atoms with Crippen molar-refractivity contribution < 1.29 is 59.8 Å². The average Bonchev–Trinajstić information content (AvgIpc) is 2.88. The van der Waals surface area contributed by atoms with E-state index >= 15 is 0 Å². The molecular formula is C25H26O13. The fourth-order valence-electron chi connectivity index (χ4n) is 4.83. The highest BCUT2D eigenvalue weighted by molar-refractivity contribution is 5.91. The molecule has 3 aromatic rings. The van der Waals surface area contributed by atoms with Gasteiger partial charge in [0.1, 0.15) is 77.2 Å². The lowest BCUT2D eigenvalue weighted by Crippen LogP contribution is -2.49. The molecule has 2 aromatic carbocycles. The summed E-state index contributed by atoms with van der Waals surface area (Å²) >= 11 is 0. The molecule has 13 nitrogen and oxygen atoms in total. The molecule has 0 unspecified atom stereocenters. The van der Waals surface area contributed by atoms with Crippen LogP contribution >= 0.6 is 0 Å². The van der Waals surface area contributed by atoms with Crippen LogP contribution in [0.3, 0.4) is 0 Å². The molecular weight excluding hydrogens is 508 g/mol. The predicted molar refractivity (Wildman–Crippen MR) is 126 cm³/mol. The maximum absolute atomic E-state index is 13.3. The summed E-state index contributed by atoms with van der Waals surface area (Å²) in [6.07, 6.45) is -13.3. The highest BCUT2D eigenvalue weighted by Gasteiger charge is 2.46. The van der Waals surface area contributed by atoms with Gasteiger partial charge in [0.2, 0.25) is 0 Å². The van der Waals surface area contributed by atoms with Gasteiger partial charge in [-0.05, 0) is 24.3 Å². The summed E-state index contributed by atoms with van der Waals surface area (Å²) in [4.78, 5) is 13.3. The lowest BCUT2D eigenvalue weighted by atomic mass is 9.87. The Morgan fingerprint density at radius 2 is 1.21 bits per heavy atom. The van der Waals surface area contributed by atoms with E-state index in [2.05, 4.69) is 0 Å². The zero-order valence-electron chi connectivity index (χ0n) is 19.6. The first-order valence-electron chi connectivity index (χ1n) is 11.7. The lowest BCUT2D eigenvalue weighted by Gasteiger charge is -2.38. The van der Waals surface area contributed by atoms with Crippen LogP contribution in [0.1, 0.15) is 23.3 Å². The summed E-state index contributed by atoms with van der Waals surface area (Å²) in [6, 6.07) is 6.60. The Morgan fingerprint density at radius 3 is 1.76 bits per heavy atom. The molecule has 38 heavy (non-hydrogen) atoms. The van der Waals surface area contributed by atoms with Crippen LogP contribution in [-0.4, -0.2) is 95.8 Å². The Hall–Kier alpha value is -3.27. The van der Waals surface area contributed by atoms with Gasteiger partial charge in [-0.25, -0.2) is 0 Å². The number of benzene rings is 2. The van der Waals surface area contributed by atoms with Gasteiger partial charge in [-0.1, -0.05) is 0 Å². The van der Waals surface area contributed by atoms with Gasteiger partial charge in [-0.15, -0.1) is 0 Å². The van der Waals surface area contributed by atoms with Crippen LogP contribution in [0.25, 0.3) is 22.3 Å². The number of aliphatic hydroxyl groups is 6. The molecule has 2 saturated heterocycles. The third kappa shape index (κ3) is 4.19. The van der Waals surface area contributed by atoms with Crippen LogP contribution in [0.15, 0.2) is 39.5 Å². The Balaban J connectivity index is 1.80. The van der Waals surface area contributed by atoms with Crippen molar-refractivity contribution in [2.75, 3.05) is 13.2 Å². The van der Waals surface area contributed by atoms with Gasteiger partial charge >= 0.3 is 0 Å². The van der Waals surface area contributed by atoms with Gasteiger partial charge in [0, 0.05) is 11.6 Å². The summed E-state index contributed by atoms with van der Waals surface area (Å²) in [7, 11) is 0. The molecule has 8 atom stereocenters. The van der Waals surface area contributed by atoms with Crippen molar-refractivity contribution in [1.82, 2.24) is 0 Å². The van der Waals surface area contributed by atoms with Gasteiger partial charge in [-0.3, -0.25) is 4.79 Å². The smallest absolute Gasteiger partial charge is 0.197 e. The quantitative estimate of drug-likeness (QED) is 0.194. The molecule has 0 radical (unpaired) electrons. The Kier molecular flexibility index (Phi) is 6.79. The van der Waals surface area contributed by atoms with Gasteiger partial charge < -0.3 is 59.8 Å². The minimum Gasteiger partial charge on any atom is -0.508 e. The van der Waals surface area contributed by atoms with Gasteiger partial charge in [0.15, 0.2) is 11.0 Å². The molecule has 1 aromatic heterocycles. The molecule has 9 N–H and O–H groups in total. The van der Waals surface area contributed by atoms with Gasteiger partial charge in [-0.2, -0.15) is 0 Å². The summed E-state index contributed by atoms with van der Waals surface area (Å²) in [5.74, 6) is -1.80. The van der Waals surface area contributed by atoms with E-state index in [1.165, 1.54) is 24.3 Å². The number of phenolic OH excluding ortho intramolecular Hbond substituents is 3. The molecule has 2 aliphatic rings. The first-order valence-corrected chi connectivity index (χ1v) is 11.7. The second-order valence-corrected chi connectivity index (χ2v) is 9.36. The number of phenols is 3. The van der Waals surface area contributed by atoms with Crippen molar-refractivity contribution >= 4 is 11.0 Å². The third-order valence-corrected chi connectivity index (χ3v) is 6.92. The lowest BCUT2D eigenvalue weighted by molar-refractivity contribution is -0.191. The molecule has 0 bridgehead atoms. The Morgan fingerprint density at radius 1 is 0.684 bits per heavy atom. The average molecular weight is 534 g/mol. The summed E-state index contributed by atoms with van der Waals surface area (Å²) in [6.45, 7) is -0.966. The zero-order chi connectivity index (χ0) is 27.5. The third-order valence-electron chi connectivity index (χ3n) is 6.92. The molecule has 204 valence electrons. The fourth-order valence-corrected chi connectivity index (χ4v) is 4.83. The number of aliphatic hydroxyl groups excluding tert-OH is 6. The number of hydrogen-bond donors (Lipinski definition) is 9. The van der Waals surface area contributed by atoms with Crippen LogP contribution < -0.4 is 5.43 Å². The second kappa shape index (κ2) is 9.80. The number of ether oxygens (including phenoxy) is 2. The largest absolute Gasteiger partial charge is 0.508 e. The SMILES string of the molecule is O=c1cc(-c2ccc(O)cc2)oc2c([C@@H]3OC[C@@H](O)[C@H](O)[C@H]3O)c(O)c([C@@H]3OC[C@@H](O)[C@@H](O)[C@H]3O)c(O)c12. The van der Waals surface area contributed by atoms with Crippen molar-refractivity contribution in [3.63, 3.8) is 0 Å². The van der Waals surface area contributed by atoms with Crippen LogP contribution in [0.4, 0.5) is 0 Å². The van der Waals surface area contributed by atoms with Crippen LogP contribution in [0, 0.1) is 0 Å². The zero-order valence-corrected chi connectivity index (χ0v) is 19.6. The minimum absolute atomic E-state index is 0.0475. The van der Waals surface area contributed by atoms with Crippen molar-refractivity contribution in [3.05, 3.63) is 51.7 Å². The maximum atomic E-state index is 13.3. The second-order valence-electron chi connectivity index (χ2n) is 9.36. The summed E-state index contributed by atoms with van der Waals surface area (Å²) < 4.78 is 16.8. The van der Waals surface area contributed by atoms with E-state index in [0.717, 1.165) is 6.07 Å². The number of rotatable bonds is 3. The molecule has 0 saturated carbocycles. The number of hydrogen-bond acceptors (Lipinski definition) is 13. The van der Waals surface area contributed by atoms with E-state index in [0.29, 0.717) is 5.56 Å². The molecule has 0 spiro atoms. The van der Waals surface area contributed by atoms with Gasteiger partial charge in [0.05, 0.1) is 24.3 Å². The van der Waals surface area contributed by atoms with E-state index in [9.17, 15) is 50.8 Å². The topological polar surface area (TPSA) is 231 Å². The first-order chi connectivity index (χ1) is 18.0. The van der Waals surface area contributed by atoms with Crippen LogP contribution in [0.5, 0.6) is 17.2 Å². The molecule has 2 fully saturated rings. The molecule has 3 heterocycles. The van der Waals surface area contributed by atoms with Crippen molar-refractivity contribution in [2.45, 2.75) is 48.8 Å². The van der Waals surface area contributed by atoms with E-state index in [-0.39, 0.29) is 11.5 Å². The molecule has 13 heteroatoms. The normalized spacial score (nSPS) is 31.9.